The molecule has 0 unspecified atom stereocenters. The van der Waals surface area contributed by atoms with Gasteiger partial charge in [0.1, 0.15) is 18.1 Å². The molecule has 0 aromatic heterocycles. The molecule has 0 saturated carbocycles. The van der Waals surface area contributed by atoms with Gasteiger partial charge in [-0.05, 0) is 42.5 Å². The monoisotopic (exact) mass is 373 g/mol. The van der Waals surface area contributed by atoms with Crippen molar-refractivity contribution in [1.82, 2.24) is 5.32 Å². The summed E-state index contributed by atoms with van der Waals surface area (Å²) in [6.07, 6.45) is 0. The van der Waals surface area contributed by atoms with Crippen LogP contribution in [0.4, 0.5) is 0 Å². The van der Waals surface area contributed by atoms with E-state index in [0.717, 1.165) is 0 Å². The van der Waals surface area contributed by atoms with Crippen molar-refractivity contribution in [2.45, 2.75) is 0 Å². The molecular formula is C16H14Cl3NO3. The first-order chi connectivity index (χ1) is 11.0. The van der Waals surface area contributed by atoms with Crippen LogP contribution in [0.15, 0.2) is 42.5 Å². The number of carbonyl (C=O) groups is 1. The van der Waals surface area contributed by atoms with E-state index in [2.05, 4.69) is 5.32 Å². The average molecular weight is 375 g/mol. The fourth-order valence-electron chi connectivity index (χ4n) is 1.68. The average Bonchev–Trinajstić information content (AvgIpc) is 2.52. The Bertz CT molecular complexity index is 662. The summed E-state index contributed by atoms with van der Waals surface area (Å²) in [5.41, 5.74) is 0. The molecule has 0 bridgehead atoms. The van der Waals surface area contributed by atoms with Gasteiger partial charge in [-0.15, -0.1) is 0 Å². The summed E-state index contributed by atoms with van der Waals surface area (Å²) >= 11 is 17.5. The van der Waals surface area contributed by atoms with Gasteiger partial charge in [-0.25, -0.2) is 0 Å². The summed E-state index contributed by atoms with van der Waals surface area (Å²) in [6, 6.07) is 11.8. The molecule has 7 heteroatoms. The minimum absolute atomic E-state index is 0.137. The van der Waals surface area contributed by atoms with Crippen LogP contribution in [-0.2, 0) is 4.79 Å². The summed E-state index contributed by atoms with van der Waals surface area (Å²) < 4.78 is 10.8. The van der Waals surface area contributed by atoms with Gasteiger partial charge in [0.2, 0.25) is 0 Å². The van der Waals surface area contributed by atoms with Gasteiger partial charge in [0.05, 0.1) is 11.6 Å². The molecule has 0 atom stereocenters. The summed E-state index contributed by atoms with van der Waals surface area (Å²) in [7, 11) is 0. The van der Waals surface area contributed by atoms with Gasteiger partial charge in [-0.1, -0.05) is 34.8 Å². The van der Waals surface area contributed by atoms with Crippen LogP contribution >= 0.6 is 34.8 Å². The van der Waals surface area contributed by atoms with E-state index in [9.17, 15) is 4.79 Å². The molecule has 0 aliphatic carbocycles. The molecule has 1 amide bonds. The molecule has 0 fully saturated rings. The van der Waals surface area contributed by atoms with Crippen LogP contribution in [0.2, 0.25) is 15.1 Å². The van der Waals surface area contributed by atoms with E-state index in [1.807, 2.05) is 0 Å². The van der Waals surface area contributed by atoms with Crippen LogP contribution in [0.1, 0.15) is 0 Å². The summed E-state index contributed by atoms with van der Waals surface area (Å²) in [6.45, 7) is 0.566. The van der Waals surface area contributed by atoms with E-state index in [1.54, 1.807) is 42.5 Å². The highest BCUT2D eigenvalue weighted by molar-refractivity contribution is 6.35. The highest BCUT2D eigenvalue weighted by Crippen LogP contribution is 2.27. The van der Waals surface area contributed by atoms with Gasteiger partial charge >= 0.3 is 0 Å². The van der Waals surface area contributed by atoms with Gasteiger partial charge in [0.25, 0.3) is 5.91 Å². The van der Waals surface area contributed by atoms with Gasteiger partial charge < -0.3 is 14.8 Å². The second-order valence-corrected chi connectivity index (χ2v) is 5.80. The zero-order valence-electron chi connectivity index (χ0n) is 12.0. The Kier molecular flexibility index (Phi) is 6.84. The van der Waals surface area contributed by atoms with Crippen LogP contribution in [0.5, 0.6) is 11.5 Å². The van der Waals surface area contributed by atoms with Gasteiger partial charge in [0.15, 0.2) is 6.61 Å². The first-order valence-electron chi connectivity index (χ1n) is 6.77. The largest absolute Gasteiger partial charge is 0.492 e. The van der Waals surface area contributed by atoms with Crippen LogP contribution in [-0.4, -0.2) is 25.7 Å². The highest BCUT2D eigenvalue weighted by Gasteiger charge is 2.06. The van der Waals surface area contributed by atoms with E-state index in [-0.39, 0.29) is 12.5 Å². The topological polar surface area (TPSA) is 47.6 Å². The third kappa shape index (κ3) is 6.18. The van der Waals surface area contributed by atoms with Gasteiger partial charge in [0, 0.05) is 10.0 Å². The van der Waals surface area contributed by atoms with Crippen LogP contribution in [0, 0.1) is 0 Å². The Hall–Kier alpha value is -1.62. The number of nitrogens with one attached hydrogen (secondary N) is 1. The van der Waals surface area contributed by atoms with Crippen molar-refractivity contribution in [2.24, 2.45) is 0 Å². The molecule has 4 nitrogen and oxygen atoms in total. The minimum Gasteiger partial charge on any atom is -0.492 e. The lowest BCUT2D eigenvalue weighted by molar-refractivity contribution is -0.123. The first kappa shape index (κ1) is 17.7. The summed E-state index contributed by atoms with van der Waals surface area (Å²) in [5.74, 6) is 0.826. The Morgan fingerprint density at radius 3 is 2.35 bits per heavy atom. The molecule has 0 aliphatic rings. The smallest absolute Gasteiger partial charge is 0.258 e. The van der Waals surface area contributed by atoms with Crippen LogP contribution in [0.25, 0.3) is 0 Å². The Morgan fingerprint density at radius 1 is 0.957 bits per heavy atom. The quantitative estimate of drug-likeness (QED) is 0.738. The third-order valence-electron chi connectivity index (χ3n) is 2.76. The normalized spacial score (nSPS) is 10.2. The van der Waals surface area contributed by atoms with E-state index in [0.29, 0.717) is 39.7 Å². The van der Waals surface area contributed by atoms with Gasteiger partial charge in [-0.3, -0.25) is 4.79 Å². The van der Waals surface area contributed by atoms with Crippen molar-refractivity contribution in [1.29, 1.82) is 0 Å². The number of ether oxygens (including phenoxy) is 2. The molecule has 2 aromatic rings. The van der Waals surface area contributed by atoms with Crippen molar-refractivity contribution >= 4 is 40.7 Å². The summed E-state index contributed by atoms with van der Waals surface area (Å²) in [4.78, 5) is 11.7. The molecule has 0 saturated heterocycles. The third-order valence-corrected chi connectivity index (χ3v) is 3.54. The highest BCUT2D eigenvalue weighted by atomic mass is 35.5. The predicted octanol–water partition coefficient (Wildman–Crippen LogP) is 4.22. The zero-order valence-corrected chi connectivity index (χ0v) is 14.3. The Balaban J connectivity index is 1.66. The molecular weight excluding hydrogens is 361 g/mol. The lowest BCUT2D eigenvalue weighted by atomic mass is 10.3. The predicted molar refractivity (Wildman–Crippen MR) is 91.9 cm³/mol. The lowest BCUT2D eigenvalue weighted by Crippen LogP contribution is -2.32. The fourth-order valence-corrected chi connectivity index (χ4v) is 2.27. The van der Waals surface area contributed by atoms with Crippen molar-refractivity contribution in [3.05, 3.63) is 57.5 Å². The molecule has 23 heavy (non-hydrogen) atoms. The number of hydrogen-bond acceptors (Lipinski definition) is 3. The fraction of sp³-hybridized carbons (Fsp3) is 0.188. The molecule has 1 N–H and O–H groups in total. The molecule has 2 rings (SSSR count). The number of amides is 1. The van der Waals surface area contributed by atoms with E-state index in [1.165, 1.54) is 0 Å². The zero-order chi connectivity index (χ0) is 16.7. The second kappa shape index (κ2) is 8.87. The van der Waals surface area contributed by atoms with Crippen LogP contribution in [0.3, 0.4) is 0 Å². The number of carbonyl (C=O) groups excluding carboxylic acids is 1. The van der Waals surface area contributed by atoms with Crippen molar-refractivity contribution in [3.8, 4) is 11.5 Å². The van der Waals surface area contributed by atoms with E-state index < -0.39 is 0 Å². The first-order valence-corrected chi connectivity index (χ1v) is 7.91. The number of rotatable bonds is 7. The maximum absolute atomic E-state index is 11.7. The minimum atomic E-state index is -0.268. The SMILES string of the molecule is O=C(COc1ccc(Cl)cc1Cl)NCCOc1ccc(Cl)cc1. The molecule has 2 aromatic carbocycles. The molecule has 0 spiro atoms. The van der Waals surface area contributed by atoms with E-state index in [4.69, 9.17) is 44.3 Å². The second-order valence-electron chi connectivity index (χ2n) is 4.52. The molecule has 0 heterocycles. The van der Waals surface area contributed by atoms with Crippen molar-refractivity contribution in [3.63, 3.8) is 0 Å². The molecule has 0 radical (unpaired) electrons. The standard InChI is InChI=1S/C16H14Cl3NO3/c17-11-1-4-13(5-2-11)22-8-7-20-16(21)10-23-15-6-3-12(18)9-14(15)19/h1-6,9H,7-8,10H2,(H,20,21). The number of halogens is 3. The number of benzene rings is 2. The molecule has 122 valence electrons. The molecule has 0 aliphatic heterocycles. The summed E-state index contributed by atoms with van der Waals surface area (Å²) in [5, 5.41) is 4.19. The Morgan fingerprint density at radius 2 is 1.65 bits per heavy atom. The maximum atomic E-state index is 11.7. The van der Waals surface area contributed by atoms with E-state index >= 15 is 0 Å². The van der Waals surface area contributed by atoms with Crippen LogP contribution < -0.4 is 14.8 Å². The van der Waals surface area contributed by atoms with Gasteiger partial charge in [-0.2, -0.15) is 0 Å². The lowest BCUT2D eigenvalue weighted by Gasteiger charge is -2.10. The number of hydrogen-bond donors (Lipinski definition) is 1. The van der Waals surface area contributed by atoms with Crippen molar-refractivity contribution in [2.75, 3.05) is 19.8 Å². The maximum Gasteiger partial charge on any atom is 0.258 e. The Labute approximate surface area is 149 Å². The van der Waals surface area contributed by atoms with Crippen molar-refractivity contribution < 1.29 is 14.3 Å².